The number of para-hydroxylation sites is 1. The standard InChI is InChI=1S/C18H26N4O2/c1-18(2,3)22(17(23)24)11-7-6-10-20-16-13-8-4-5-9-15(13)21-12-14(16)19/h4-5,8-9,12H,6-7,10-11,19H2,1-3H3,(H,20,21)(H,23,24). The second-order valence-corrected chi connectivity index (χ2v) is 6.84. The summed E-state index contributed by atoms with van der Waals surface area (Å²) in [7, 11) is 0. The molecule has 24 heavy (non-hydrogen) atoms. The molecule has 0 aliphatic carbocycles. The van der Waals surface area contributed by atoms with Gasteiger partial charge in [0.25, 0.3) is 0 Å². The molecule has 6 heteroatoms. The first-order chi connectivity index (χ1) is 11.3. The number of nitrogen functional groups attached to an aromatic ring is 1. The molecule has 0 saturated heterocycles. The molecule has 4 N–H and O–H groups in total. The minimum atomic E-state index is -0.875. The van der Waals surface area contributed by atoms with Crippen molar-refractivity contribution in [2.24, 2.45) is 0 Å². The molecule has 130 valence electrons. The number of nitrogens with zero attached hydrogens (tertiary/aromatic N) is 2. The van der Waals surface area contributed by atoms with Crippen LogP contribution >= 0.6 is 0 Å². The fourth-order valence-electron chi connectivity index (χ4n) is 2.68. The zero-order valence-corrected chi connectivity index (χ0v) is 14.5. The number of amides is 1. The Kier molecular flexibility index (Phi) is 5.49. The van der Waals surface area contributed by atoms with E-state index in [-0.39, 0.29) is 5.54 Å². The number of unbranched alkanes of at least 4 members (excludes halogenated alkanes) is 1. The van der Waals surface area contributed by atoms with Gasteiger partial charge in [0.05, 0.1) is 23.1 Å². The van der Waals surface area contributed by atoms with E-state index in [9.17, 15) is 9.90 Å². The van der Waals surface area contributed by atoms with Crippen molar-refractivity contribution in [1.82, 2.24) is 9.88 Å². The summed E-state index contributed by atoms with van der Waals surface area (Å²) < 4.78 is 0. The number of pyridine rings is 1. The molecular formula is C18H26N4O2. The average Bonchev–Trinajstić information content (AvgIpc) is 2.50. The van der Waals surface area contributed by atoms with E-state index in [4.69, 9.17) is 5.73 Å². The molecule has 0 radical (unpaired) electrons. The zero-order valence-electron chi connectivity index (χ0n) is 14.5. The fourth-order valence-corrected chi connectivity index (χ4v) is 2.68. The fraction of sp³-hybridized carbons (Fsp3) is 0.444. The summed E-state index contributed by atoms with van der Waals surface area (Å²) in [6.45, 7) is 6.97. The molecule has 1 heterocycles. The maximum absolute atomic E-state index is 11.3. The van der Waals surface area contributed by atoms with Gasteiger partial charge in [0.1, 0.15) is 0 Å². The lowest BCUT2D eigenvalue weighted by molar-refractivity contribution is 0.0993. The highest BCUT2D eigenvalue weighted by Gasteiger charge is 2.25. The van der Waals surface area contributed by atoms with Crippen molar-refractivity contribution >= 4 is 28.4 Å². The first kappa shape index (κ1) is 17.8. The average molecular weight is 330 g/mol. The van der Waals surface area contributed by atoms with Crippen LogP contribution in [0.1, 0.15) is 33.6 Å². The summed E-state index contributed by atoms with van der Waals surface area (Å²) in [5.41, 5.74) is 8.07. The Labute approximate surface area is 142 Å². The molecule has 1 aromatic carbocycles. The van der Waals surface area contributed by atoms with E-state index in [1.807, 2.05) is 45.0 Å². The summed E-state index contributed by atoms with van der Waals surface area (Å²) in [6.07, 6.45) is 2.44. The lowest BCUT2D eigenvalue weighted by atomic mass is 10.1. The number of anilines is 2. The Morgan fingerprint density at radius 1 is 1.29 bits per heavy atom. The minimum Gasteiger partial charge on any atom is -0.465 e. The third-order valence-electron chi connectivity index (χ3n) is 3.96. The van der Waals surface area contributed by atoms with E-state index in [0.717, 1.165) is 36.0 Å². The van der Waals surface area contributed by atoms with Crippen LogP contribution in [0.25, 0.3) is 10.9 Å². The van der Waals surface area contributed by atoms with Gasteiger partial charge in [0.15, 0.2) is 0 Å². The first-order valence-electron chi connectivity index (χ1n) is 8.18. The van der Waals surface area contributed by atoms with Crippen molar-refractivity contribution in [2.75, 3.05) is 24.1 Å². The molecule has 0 aliphatic rings. The van der Waals surface area contributed by atoms with Crippen molar-refractivity contribution in [3.8, 4) is 0 Å². The van der Waals surface area contributed by atoms with E-state index >= 15 is 0 Å². The minimum absolute atomic E-state index is 0.384. The van der Waals surface area contributed by atoms with Crippen LogP contribution in [0.2, 0.25) is 0 Å². The van der Waals surface area contributed by atoms with Gasteiger partial charge in [-0.15, -0.1) is 0 Å². The molecule has 0 saturated carbocycles. The smallest absolute Gasteiger partial charge is 0.407 e. The molecule has 0 aliphatic heterocycles. The predicted octanol–water partition coefficient (Wildman–Crippen LogP) is 3.79. The molecule has 0 fully saturated rings. The van der Waals surface area contributed by atoms with Crippen LogP contribution in [0.5, 0.6) is 0 Å². The SMILES string of the molecule is CC(C)(C)N(CCCCNc1c(N)cnc2ccccc12)C(=O)O. The highest BCUT2D eigenvalue weighted by molar-refractivity contribution is 5.96. The number of nitrogens with two attached hydrogens (primary N) is 1. The third kappa shape index (κ3) is 4.28. The Balaban J connectivity index is 1.91. The van der Waals surface area contributed by atoms with Crippen molar-refractivity contribution in [3.05, 3.63) is 30.5 Å². The van der Waals surface area contributed by atoms with Crippen molar-refractivity contribution in [3.63, 3.8) is 0 Å². The monoisotopic (exact) mass is 330 g/mol. The van der Waals surface area contributed by atoms with E-state index in [1.54, 1.807) is 6.20 Å². The molecule has 0 atom stereocenters. The van der Waals surface area contributed by atoms with Crippen LogP contribution in [0, 0.1) is 0 Å². The Morgan fingerprint density at radius 2 is 2.00 bits per heavy atom. The number of hydrogen-bond donors (Lipinski definition) is 3. The van der Waals surface area contributed by atoms with Crippen LogP contribution in [-0.4, -0.2) is 39.7 Å². The normalized spacial score (nSPS) is 11.5. The summed E-state index contributed by atoms with van der Waals surface area (Å²) in [5.74, 6) is 0. The number of fused-ring (bicyclic) bond motifs is 1. The highest BCUT2D eigenvalue weighted by atomic mass is 16.4. The molecule has 2 aromatic rings. The van der Waals surface area contributed by atoms with Crippen LogP contribution in [-0.2, 0) is 0 Å². The van der Waals surface area contributed by atoms with E-state index in [0.29, 0.717) is 12.2 Å². The van der Waals surface area contributed by atoms with Gasteiger partial charge in [-0.3, -0.25) is 4.98 Å². The van der Waals surface area contributed by atoms with Gasteiger partial charge in [-0.05, 0) is 39.7 Å². The molecule has 0 spiro atoms. The predicted molar refractivity (Wildman–Crippen MR) is 98.4 cm³/mol. The molecule has 2 rings (SSSR count). The number of aromatic nitrogens is 1. The van der Waals surface area contributed by atoms with Gasteiger partial charge < -0.3 is 21.1 Å². The van der Waals surface area contributed by atoms with Crippen molar-refractivity contribution in [1.29, 1.82) is 0 Å². The van der Waals surface area contributed by atoms with E-state index in [2.05, 4.69) is 10.3 Å². The number of nitrogens with one attached hydrogen (secondary N) is 1. The van der Waals surface area contributed by atoms with Gasteiger partial charge in [-0.1, -0.05) is 18.2 Å². The Morgan fingerprint density at radius 3 is 2.67 bits per heavy atom. The van der Waals surface area contributed by atoms with Crippen LogP contribution in [0.15, 0.2) is 30.5 Å². The number of carboxylic acid groups (broad SMARTS) is 1. The molecule has 1 amide bonds. The summed E-state index contributed by atoms with van der Waals surface area (Å²) >= 11 is 0. The second-order valence-electron chi connectivity index (χ2n) is 6.84. The third-order valence-corrected chi connectivity index (χ3v) is 3.96. The lowest BCUT2D eigenvalue weighted by Gasteiger charge is -2.33. The Bertz CT molecular complexity index is 710. The number of carbonyl (C=O) groups is 1. The van der Waals surface area contributed by atoms with E-state index < -0.39 is 6.09 Å². The largest absolute Gasteiger partial charge is 0.465 e. The summed E-state index contributed by atoms with van der Waals surface area (Å²) in [4.78, 5) is 17.1. The first-order valence-corrected chi connectivity index (χ1v) is 8.18. The molecule has 0 bridgehead atoms. The Hall–Kier alpha value is -2.50. The lowest BCUT2D eigenvalue weighted by Crippen LogP contribution is -2.45. The topological polar surface area (TPSA) is 91.5 Å². The second kappa shape index (κ2) is 7.38. The number of hydrogen-bond acceptors (Lipinski definition) is 4. The number of benzene rings is 1. The van der Waals surface area contributed by atoms with Crippen LogP contribution in [0.4, 0.5) is 16.2 Å². The quantitative estimate of drug-likeness (QED) is 0.701. The molecular weight excluding hydrogens is 304 g/mol. The van der Waals surface area contributed by atoms with Crippen LogP contribution in [0.3, 0.4) is 0 Å². The molecule has 0 unspecified atom stereocenters. The number of rotatable bonds is 6. The van der Waals surface area contributed by atoms with Gasteiger partial charge in [0.2, 0.25) is 0 Å². The molecule has 1 aromatic heterocycles. The summed E-state index contributed by atoms with van der Waals surface area (Å²) in [5, 5.41) is 13.7. The van der Waals surface area contributed by atoms with Gasteiger partial charge in [-0.2, -0.15) is 0 Å². The van der Waals surface area contributed by atoms with Crippen LogP contribution < -0.4 is 11.1 Å². The maximum Gasteiger partial charge on any atom is 0.407 e. The zero-order chi connectivity index (χ0) is 17.7. The van der Waals surface area contributed by atoms with E-state index in [1.165, 1.54) is 4.90 Å². The van der Waals surface area contributed by atoms with Gasteiger partial charge >= 0.3 is 6.09 Å². The van der Waals surface area contributed by atoms with Gasteiger partial charge in [-0.25, -0.2) is 4.79 Å². The molecule has 6 nitrogen and oxygen atoms in total. The summed E-state index contributed by atoms with van der Waals surface area (Å²) in [6, 6.07) is 7.85. The van der Waals surface area contributed by atoms with Gasteiger partial charge in [0, 0.05) is 24.0 Å². The van der Waals surface area contributed by atoms with Crippen molar-refractivity contribution in [2.45, 2.75) is 39.2 Å². The highest BCUT2D eigenvalue weighted by Crippen LogP contribution is 2.27. The van der Waals surface area contributed by atoms with Crippen molar-refractivity contribution < 1.29 is 9.90 Å². The maximum atomic E-state index is 11.3.